The van der Waals surface area contributed by atoms with Crippen LogP contribution in [0.5, 0.6) is 0 Å². The summed E-state index contributed by atoms with van der Waals surface area (Å²) in [4.78, 5) is 28.5. The van der Waals surface area contributed by atoms with Gasteiger partial charge in [-0.2, -0.15) is 0 Å². The molecule has 208 valence electrons. The number of benzene rings is 2. The second-order valence-electron chi connectivity index (χ2n) is 9.81. The molecule has 38 heavy (non-hydrogen) atoms. The number of nitrogens with one attached hydrogen (secondary N) is 1. The Hall–Kier alpha value is -2.29. The highest BCUT2D eigenvalue weighted by molar-refractivity contribution is 7.92. The first-order chi connectivity index (χ1) is 18.1. The van der Waals surface area contributed by atoms with Crippen LogP contribution in [0.2, 0.25) is 10.0 Å². The molecule has 1 aliphatic carbocycles. The number of anilines is 1. The summed E-state index contributed by atoms with van der Waals surface area (Å²) in [5.41, 5.74) is 1.20. The molecule has 0 saturated heterocycles. The number of hydrogen-bond acceptors (Lipinski definition) is 4. The minimum Gasteiger partial charge on any atom is -0.352 e. The molecule has 10 heteroatoms. The number of halogens is 2. The minimum absolute atomic E-state index is 0.0505. The Morgan fingerprint density at radius 1 is 1.05 bits per heavy atom. The van der Waals surface area contributed by atoms with E-state index < -0.39 is 16.1 Å². The SMILES string of the molecule is CC[C@@H](C(=O)NC1CCCCC1)N(Cc1ccccc1)C(=O)CCCN(c1cc(Cl)ccc1Cl)S(C)(=O)=O. The van der Waals surface area contributed by atoms with E-state index in [0.29, 0.717) is 18.0 Å². The summed E-state index contributed by atoms with van der Waals surface area (Å²) in [5, 5.41) is 3.78. The molecule has 0 radical (unpaired) electrons. The molecular formula is C28H37Cl2N3O4S. The van der Waals surface area contributed by atoms with Gasteiger partial charge in [-0.3, -0.25) is 13.9 Å². The highest BCUT2D eigenvalue weighted by atomic mass is 35.5. The number of carbonyl (C=O) groups is 2. The zero-order valence-corrected chi connectivity index (χ0v) is 24.4. The molecule has 0 bridgehead atoms. The minimum atomic E-state index is -3.67. The van der Waals surface area contributed by atoms with Crippen LogP contribution in [0, 0.1) is 0 Å². The molecule has 2 amide bonds. The molecule has 1 saturated carbocycles. The largest absolute Gasteiger partial charge is 0.352 e. The number of carbonyl (C=O) groups excluding carboxylic acids is 2. The maximum absolute atomic E-state index is 13.6. The predicted molar refractivity (Wildman–Crippen MR) is 154 cm³/mol. The third-order valence-electron chi connectivity index (χ3n) is 6.86. The second-order valence-corrected chi connectivity index (χ2v) is 12.6. The van der Waals surface area contributed by atoms with Gasteiger partial charge in [-0.1, -0.05) is 79.7 Å². The van der Waals surface area contributed by atoms with Crippen molar-refractivity contribution in [1.29, 1.82) is 0 Å². The van der Waals surface area contributed by atoms with E-state index in [2.05, 4.69) is 5.32 Å². The van der Waals surface area contributed by atoms with Crippen molar-refractivity contribution in [3.63, 3.8) is 0 Å². The molecule has 1 atom stereocenters. The second kappa shape index (κ2) is 14.2. The van der Waals surface area contributed by atoms with E-state index in [9.17, 15) is 18.0 Å². The number of amides is 2. The van der Waals surface area contributed by atoms with Crippen molar-refractivity contribution in [2.45, 2.75) is 76.9 Å². The quantitative estimate of drug-likeness (QED) is 0.343. The van der Waals surface area contributed by atoms with E-state index in [0.717, 1.165) is 37.5 Å². The van der Waals surface area contributed by atoms with E-state index >= 15 is 0 Å². The van der Waals surface area contributed by atoms with E-state index in [1.807, 2.05) is 37.3 Å². The molecule has 2 aromatic rings. The molecule has 0 aromatic heterocycles. The fourth-order valence-corrected chi connectivity index (χ4v) is 6.31. The average Bonchev–Trinajstić information content (AvgIpc) is 2.88. The van der Waals surface area contributed by atoms with E-state index in [1.54, 1.807) is 17.0 Å². The topological polar surface area (TPSA) is 86.8 Å². The van der Waals surface area contributed by atoms with Crippen LogP contribution in [-0.2, 0) is 26.2 Å². The van der Waals surface area contributed by atoms with Crippen LogP contribution in [0.15, 0.2) is 48.5 Å². The summed E-state index contributed by atoms with van der Waals surface area (Å²) >= 11 is 12.4. The van der Waals surface area contributed by atoms with Crippen molar-refractivity contribution in [2.75, 3.05) is 17.1 Å². The standard InChI is InChI=1S/C28H37Cl2N3O4S/c1-3-25(28(35)31-23-13-8-5-9-14-23)32(20-21-11-6-4-7-12-21)27(34)15-10-18-33(38(2,36)37)26-19-22(29)16-17-24(26)30/h4,6-7,11-12,16-17,19,23,25H,3,5,8-10,13-15,18,20H2,1-2H3,(H,31,35)/t25-/m0/s1. The first-order valence-electron chi connectivity index (χ1n) is 13.2. The summed E-state index contributed by atoms with van der Waals surface area (Å²) in [6.07, 6.45) is 7.20. The summed E-state index contributed by atoms with van der Waals surface area (Å²) in [6.45, 7) is 2.25. The summed E-state index contributed by atoms with van der Waals surface area (Å²) in [7, 11) is -3.67. The van der Waals surface area contributed by atoms with Crippen LogP contribution < -0.4 is 9.62 Å². The third kappa shape index (κ3) is 8.61. The monoisotopic (exact) mass is 581 g/mol. The molecular weight excluding hydrogens is 545 g/mol. The molecule has 1 N–H and O–H groups in total. The van der Waals surface area contributed by atoms with Crippen LogP contribution in [0.1, 0.15) is 63.9 Å². The van der Waals surface area contributed by atoms with Crippen molar-refractivity contribution in [3.8, 4) is 0 Å². The first kappa shape index (κ1) is 30.3. The number of hydrogen-bond donors (Lipinski definition) is 1. The maximum atomic E-state index is 13.6. The summed E-state index contributed by atoms with van der Waals surface area (Å²) in [6, 6.07) is 13.7. The molecule has 0 aliphatic heterocycles. The molecule has 3 rings (SSSR count). The Bertz CT molecular complexity index is 1190. The maximum Gasteiger partial charge on any atom is 0.243 e. The zero-order chi connectivity index (χ0) is 27.7. The number of nitrogens with zero attached hydrogens (tertiary/aromatic N) is 2. The van der Waals surface area contributed by atoms with E-state index in [4.69, 9.17) is 23.2 Å². The summed E-state index contributed by atoms with van der Waals surface area (Å²) < 4.78 is 26.3. The lowest BCUT2D eigenvalue weighted by Gasteiger charge is -2.33. The average molecular weight is 583 g/mol. The fourth-order valence-electron chi connectivity index (χ4n) is 4.90. The first-order valence-corrected chi connectivity index (χ1v) is 15.8. The van der Waals surface area contributed by atoms with Crippen molar-refractivity contribution in [1.82, 2.24) is 10.2 Å². The normalized spacial score (nSPS) is 15.1. The van der Waals surface area contributed by atoms with Crippen molar-refractivity contribution in [2.24, 2.45) is 0 Å². The van der Waals surface area contributed by atoms with E-state index in [1.165, 1.54) is 16.8 Å². The van der Waals surface area contributed by atoms with Crippen LogP contribution in [0.25, 0.3) is 0 Å². The van der Waals surface area contributed by atoms with Gasteiger partial charge in [0.15, 0.2) is 0 Å². The Labute approximate surface area is 236 Å². The van der Waals surface area contributed by atoms with E-state index in [-0.39, 0.29) is 48.0 Å². The van der Waals surface area contributed by atoms with Crippen LogP contribution in [0.4, 0.5) is 5.69 Å². The lowest BCUT2D eigenvalue weighted by atomic mass is 9.95. The van der Waals surface area contributed by atoms with Crippen molar-refractivity contribution in [3.05, 3.63) is 64.1 Å². The third-order valence-corrected chi connectivity index (χ3v) is 8.60. The smallest absolute Gasteiger partial charge is 0.243 e. The van der Waals surface area contributed by atoms with Gasteiger partial charge in [-0.15, -0.1) is 0 Å². The molecule has 1 fully saturated rings. The fraction of sp³-hybridized carbons (Fsp3) is 0.500. The van der Waals surface area contributed by atoms with Crippen molar-refractivity contribution >= 4 is 50.7 Å². The van der Waals surface area contributed by atoms with Gasteiger partial charge < -0.3 is 10.2 Å². The Kier molecular flexibility index (Phi) is 11.3. The van der Waals surface area contributed by atoms with Gasteiger partial charge in [-0.25, -0.2) is 8.42 Å². The lowest BCUT2D eigenvalue weighted by molar-refractivity contribution is -0.141. The zero-order valence-electron chi connectivity index (χ0n) is 22.0. The van der Waals surface area contributed by atoms with Crippen LogP contribution in [-0.4, -0.2) is 50.0 Å². The Morgan fingerprint density at radius 2 is 1.74 bits per heavy atom. The van der Waals surface area contributed by atoms with Gasteiger partial charge in [-0.05, 0) is 49.4 Å². The van der Waals surface area contributed by atoms with Gasteiger partial charge in [0.05, 0.1) is 17.0 Å². The number of rotatable bonds is 12. The summed E-state index contributed by atoms with van der Waals surface area (Å²) in [5.74, 6) is -0.336. The van der Waals surface area contributed by atoms with Gasteiger partial charge in [0.1, 0.15) is 6.04 Å². The highest BCUT2D eigenvalue weighted by Gasteiger charge is 2.30. The lowest BCUT2D eigenvalue weighted by Crippen LogP contribution is -2.51. The molecule has 0 unspecified atom stereocenters. The van der Waals surface area contributed by atoms with Gasteiger partial charge in [0, 0.05) is 30.6 Å². The van der Waals surface area contributed by atoms with Gasteiger partial charge in [0.25, 0.3) is 0 Å². The molecule has 1 aliphatic rings. The Balaban J connectivity index is 1.75. The van der Waals surface area contributed by atoms with Gasteiger partial charge in [0.2, 0.25) is 21.8 Å². The Morgan fingerprint density at radius 3 is 2.37 bits per heavy atom. The number of sulfonamides is 1. The van der Waals surface area contributed by atoms with Crippen LogP contribution in [0.3, 0.4) is 0 Å². The van der Waals surface area contributed by atoms with Crippen LogP contribution >= 0.6 is 23.2 Å². The molecule has 2 aromatic carbocycles. The molecule has 0 spiro atoms. The van der Waals surface area contributed by atoms with Crippen molar-refractivity contribution < 1.29 is 18.0 Å². The van der Waals surface area contributed by atoms with Gasteiger partial charge >= 0.3 is 0 Å². The molecule has 7 nitrogen and oxygen atoms in total. The predicted octanol–water partition coefficient (Wildman–Crippen LogP) is 5.80. The highest BCUT2D eigenvalue weighted by Crippen LogP contribution is 2.31. The molecule has 0 heterocycles.